The van der Waals surface area contributed by atoms with E-state index in [1.165, 1.54) is 5.56 Å². The van der Waals surface area contributed by atoms with Gasteiger partial charge >= 0.3 is 0 Å². The summed E-state index contributed by atoms with van der Waals surface area (Å²) in [5, 5.41) is 3.30. The zero-order valence-corrected chi connectivity index (χ0v) is 9.92. The van der Waals surface area contributed by atoms with Crippen LogP contribution >= 0.6 is 0 Å². The quantitative estimate of drug-likeness (QED) is 0.739. The molecule has 84 valence electrons. The van der Waals surface area contributed by atoms with Crippen LogP contribution in [0.2, 0.25) is 0 Å². The molecule has 0 aliphatic heterocycles. The molecule has 15 heavy (non-hydrogen) atoms. The maximum atomic E-state index is 4.97. The number of ether oxygens (including phenoxy) is 1. The van der Waals surface area contributed by atoms with Gasteiger partial charge in [0.25, 0.3) is 0 Å². The molecule has 4 nitrogen and oxygen atoms in total. The molecule has 0 amide bonds. The Morgan fingerprint density at radius 2 is 1.73 bits per heavy atom. The minimum atomic E-state index is 0.727. The van der Waals surface area contributed by atoms with E-state index in [-0.39, 0.29) is 0 Å². The number of rotatable bonds is 5. The van der Waals surface area contributed by atoms with Crippen molar-refractivity contribution in [2.45, 2.75) is 27.3 Å². The lowest BCUT2D eigenvalue weighted by molar-refractivity contribution is 0.199. The van der Waals surface area contributed by atoms with Crippen LogP contribution in [-0.4, -0.2) is 30.2 Å². The molecule has 1 aromatic heterocycles. The molecule has 0 spiro atoms. The summed E-state index contributed by atoms with van der Waals surface area (Å²) in [6.07, 6.45) is 0. The van der Waals surface area contributed by atoms with Gasteiger partial charge in [0.05, 0.1) is 6.61 Å². The summed E-state index contributed by atoms with van der Waals surface area (Å²) >= 11 is 0. The Morgan fingerprint density at radius 3 is 2.27 bits per heavy atom. The van der Waals surface area contributed by atoms with Gasteiger partial charge in [-0.15, -0.1) is 0 Å². The van der Waals surface area contributed by atoms with Crippen LogP contribution in [0.3, 0.4) is 0 Å². The molecule has 0 radical (unpaired) electrons. The average molecular weight is 209 g/mol. The molecule has 0 atom stereocenters. The minimum Gasteiger partial charge on any atom is -0.383 e. The van der Waals surface area contributed by atoms with Crippen LogP contribution in [0.1, 0.15) is 22.8 Å². The van der Waals surface area contributed by atoms with Crippen LogP contribution in [-0.2, 0) is 11.3 Å². The Bertz CT molecular complexity index is 303. The molecule has 1 heterocycles. The first-order chi connectivity index (χ1) is 7.15. The molecular weight excluding hydrogens is 190 g/mol. The third kappa shape index (κ3) is 3.57. The normalized spacial score (nSPS) is 10.7. The van der Waals surface area contributed by atoms with Crippen molar-refractivity contribution >= 4 is 0 Å². The fourth-order valence-electron chi connectivity index (χ4n) is 1.55. The molecule has 0 aliphatic rings. The Kier molecular flexibility index (Phi) is 4.65. The predicted molar refractivity (Wildman–Crippen MR) is 59.8 cm³/mol. The molecule has 0 aromatic carbocycles. The van der Waals surface area contributed by atoms with Crippen LogP contribution in [0, 0.1) is 20.8 Å². The van der Waals surface area contributed by atoms with Gasteiger partial charge in [-0.1, -0.05) is 0 Å². The summed E-state index contributed by atoms with van der Waals surface area (Å²) < 4.78 is 4.97. The highest BCUT2D eigenvalue weighted by Gasteiger charge is 2.05. The summed E-state index contributed by atoms with van der Waals surface area (Å²) in [6.45, 7) is 8.35. The fourth-order valence-corrected chi connectivity index (χ4v) is 1.55. The SMILES string of the molecule is COCCNCc1c(C)nc(C)nc1C. The Balaban J connectivity index is 2.60. The smallest absolute Gasteiger partial charge is 0.125 e. The molecule has 0 saturated heterocycles. The van der Waals surface area contributed by atoms with E-state index >= 15 is 0 Å². The van der Waals surface area contributed by atoms with Gasteiger partial charge in [0.15, 0.2) is 0 Å². The van der Waals surface area contributed by atoms with Crippen LogP contribution in [0.4, 0.5) is 0 Å². The summed E-state index contributed by atoms with van der Waals surface area (Å²) in [7, 11) is 1.70. The molecular formula is C11H19N3O. The molecule has 1 rings (SSSR count). The number of nitrogens with one attached hydrogen (secondary N) is 1. The van der Waals surface area contributed by atoms with E-state index in [2.05, 4.69) is 15.3 Å². The zero-order chi connectivity index (χ0) is 11.3. The van der Waals surface area contributed by atoms with E-state index in [1.54, 1.807) is 7.11 Å². The largest absolute Gasteiger partial charge is 0.383 e. The predicted octanol–water partition coefficient (Wildman–Crippen LogP) is 1.14. The van der Waals surface area contributed by atoms with Gasteiger partial charge in [0.1, 0.15) is 5.82 Å². The lowest BCUT2D eigenvalue weighted by atomic mass is 10.1. The number of nitrogens with zero attached hydrogens (tertiary/aromatic N) is 2. The number of hydrogen-bond donors (Lipinski definition) is 1. The summed E-state index contributed by atoms with van der Waals surface area (Å²) in [6, 6.07) is 0. The van der Waals surface area contributed by atoms with Crippen molar-refractivity contribution in [1.82, 2.24) is 15.3 Å². The van der Waals surface area contributed by atoms with Gasteiger partial charge in [-0.25, -0.2) is 9.97 Å². The molecule has 4 heteroatoms. The van der Waals surface area contributed by atoms with Gasteiger partial charge in [-0.3, -0.25) is 0 Å². The van der Waals surface area contributed by atoms with Crippen molar-refractivity contribution in [3.8, 4) is 0 Å². The molecule has 0 bridgehead atoms. The van der Waals surface area contributed by atoms with Crippen LogP contribution in [0.5, 0.6) is 0 Å². The lowest BCUT2D eigenvalue weighted by Gasteiger charge is -2.10. The maximum absolute atomic E-state index is 4.97. The Labute approximate surface area is 91.1 Å². The highest BCUT2D eigenvalue weighted by atomic mass is 16.5. The molecule has 0 unspecified atom stereocenters. The van der Waals surface area contributed by atoms with E-state index < -0.39 is 0 Å². The monoisotopic (exact) mass is 209 g/mol. The topological polar surface area (TPSA) is 47.0 Å². The van der Waals surface area contributed by atoms with Crippen LogP contribution in [0.25, 0.3) is 0 Å². The third-order valence-electron chi connectivity index (χ3n) is 2.32. The zero-order valence-electron chi connectivity index (χ0n) is 9.92. The van der Waals surface area contributed by atoms with Crippen LogP contribution in [0.15, 0.2) is 0 Å². The second-order valence-electron chi connectivity index (χ2n) is 3.59. The first kappa shape index (κ1) is 12.1. The van der Waals surface area contributed by atoms with E-state index in [0.717, 1.165) is 36.9 Å². The summed E-state index contributed by atoms with van der Waals surface area (Å²) in [5.74, 6) is 0.839. The molecule has 0 saturated carbocycles. The Hall–Kier alpha value is -1.00. The first-order valence-electron chi connectivity index (χ1n) is 5.15. The van der Waals surface area contributed by atoms with Crippen molar-refractivity contribution in [2.24, 2.45) is 0 Å². The first-order valence-corrected chi connectivity index (χ1v) is 5.15. The van der Waals surface area contributed by atoms with Gasteiger partial charge in [-0.2, -0.15) is 0 Å². The highest BCUT2D eigenvalue weighted by molar-refractivity contribution is 5.23. The average Bonchev–Trinajstić information content (AvgIpc) is 2.15. The molecule has 1 aromatic rings. The van der Waals surface area contributed by atoms with E-state index in [9.17, 15) is 0 Å². The molecule has 1 N–H and O–H groups in total. The van der Waals surface area contributed by atoms with Crippen molar-refractivity contribution in [1.29, 1.82) is 0 Å². The third-order valence-corrected chi connectivity index (χ3v) is 2.32. The fraction of sp³-hybridized carbons (Fsp3) is 0.636. The number of hydrogen-bond acceptors (Lipinski definition) is 4. The number of methoxy groups -OCH3 is 1. The van der Waals surface area contributed by atoms with Gasteiger partial charge < -0.3 is 10.1 Å². The highest BCUT2D eigenvalue weighted by Crippen LogP contribution is 2.09. The van der Waals surface area contributed by atoms with Gasteiger partial charge in [-0.05, 0) is 20.8 Å². The minimum absolute atomic E-state index is 0.727. The van der Waals surface area contributed by atoms with Crippen molar-refractivity contribution in [3.05, 3.63) is 22.8 Å². The van der Waals surface area contributed by atoms with Crippen molar-refractivity contribution < 1.29 is 4.74 Å². The number of aryl methyl sites for hydroxylation is 3. The Morgan fingerprint density at radius 1 is 1.13 bits per heavy atom. The van der Waals surface area contributed by atoms with E-state index in [1.807, 2.05) is 20.8 Å². The second kappa shape index (κ2) is 5.78. The van der Waals surface area contributed by atoms with Gasteiger partial charge in [0, 0.05) is 37.2 Å². The van der Waals surface area contributed by atoms with Crippen molar-refractivity contribution in [2.75, 3.05) is 20.3 Å². The molecule has 0 aliphatic carbocycles. The number of aromatic nitrogens is 2. The van der Waals surface area contributed by atoms with E-state index in [0.29, 0.717) is 0 Å². The van der Waals surface area contributed by atoms with E-state index in [4.69, 9.17) is 4.74 Å². The second-order valence-corrected chi connectivity index (χ2v) is 3.59. The lowest BCUT2D eigenvalue weighted by Crippen LogP contribution is -2.20. The summed E-state index contributed by atoms with van der Waals surface area (Å²) in [4.78, 5) is 8.70. The van der Waals surface area contributed by atoms with Crippen molar-refractivity contribution in [3.63, 3.8) is 0 Å². The summed E-state index contributed by atoms with van der Waals surface area (Å²) in [5.41, 5.74) is 3.31. The van der Waals surface area contributed by atoms with Crippen LogP contribution < -0.4 is 5.32 Å². The van der Waals surface area contributed by atoms with Gasteiger partial charge in [0.2, 0.25) is 0 Å². The molecule has 0 fully saturated rings. The maximum Gasteiger partial charge on any atom is 0.125 e. The standard InChI is InChI=1S/C11H19N3O/c1-8-11(7-12-5-6-15-4)9(2)14-10(3)13-8/h12H,5-7H2,1-4H3.